The summed E-state index contributed by atoms with van der Waals surface area (Å²) < 4.78 is 28.8. The van der Waals surface area contributed by atoms with E-state index in [-0.39, 0.29) is 22.6 Å². The molecule has 142 valence electrons. The molecule has 0 radical (unpaired) electrons. The van der Waals surface area contributed by atoms with Crippen LogP contribution in [0.5, 0.6) is 0 Å². The van der Waals surface area contributed by atoms with Crippen molar-refractivity contribution in [1.29, 1.82) is 0 Å². The lowest BCUT2D eigenvalue weighted by molar-refractivity contribution is 0.0697. The van der Waals surface area contributed by atoms with Gasteiger partial charge in [0.05, 0.1) is 22.6 Å². The van der Waals surface area contributed by atoms with Crippen LogP contribution >= 0.6 is 0 Å². The summed E-state index contributed by atoms with van der Waals surface area (Å²) in [5, 5.41) is 12.0. The lowest BCUT2D eigenvalue weighted by Crippen LogP contribution is -2.46. The van der Waals surface area contributed by atoms with Gasteiger partial charge in [-0.3, -0.25) is 4.79 Å². The van der Waals surface area contributed by atoms with Crippen LogP contribution in [0.25, 0.3) is 0 Å². The van der Waals surface area contributed by atoms with Crippen LogP contribution in [0.1, 0.15) is 32.7 Å². The first-order valence-corrected chi connectivity index (χ1v) is 10.1. The monoisotopic (exact) mass is 389 g/mol. The molecule has 0 aromatic heterocycles. The first kappa shape index (κ1) is 19.1. The molecule has 0 bridgehead atoms. The lowest BCUT2D eigenvalue weighted by Gasteiger charge is -2.29. The number of carboxylic acids is 1. The fourth-order valence-electron chi connectivity index (χ4n) is 3.07. The van der Waals surface area contributed by atoms with E-state index in [1.165, 1.54) is 36.4 Å². The van der Waals surface area contributed by atoms with Crippen LogP contribution in [-0.2, 0) is 20.1 Å². The average Bonchev–Trinajstić information content (AvgIpc) is 3.11. The highest BCUT2D eigenvalue weighted by Gasteiger charge is 2.38. The molecule has 1 amide bonds. The summed E-state index contributed by atoms with van der Waals surface area (Å²) in [4.78, 5) is 24.0. The second-order valence-electron chi connectivity index (χ2n) is 6.52. The third-order valence-electron chi connectivity index (χ3n) is 4.58. The Balaban J connectivity index is 1.90. The van der Waals surface area contributed by atoms with Gasteiger partial charge in [0.1, 0.15) is 0 Å². The maximum absolute atomic E-state index is 12.7. The van der Waals surface area contributed by atoms with Crippen LogP contribution in [0, 0.1) is 0 Å². The van der Waals surface area contributed by atoms with Crippen LogP contribution in [0.15, 0.2) is 53.4 Å². The molecule has 0 spiro atoms. The Kier molecular flexibility index (Phi) is 5.03. The van der Waals surface area contributed by atoms with Crippen molar-refractivity contribution in [2.45, 2.75) is 16.9 Å². The average molecular weight is 389 g/mol. The first-order valence-electron chi connectivity index (χ1n) is 8.25. The Labute approximate surface area is 156 Å². The zero-order valence-corrected chi connectivity index (χ0v) is 15.5. The second-order valence-corrected chi connectivity index (χ2v) is 8.54. The van der Waals surface area contributed by atoms with Crippen molar-refractivity contribution in [3.8, 4) is 0 Å². The molecule has 27 heavy (non-hydrogen) atoms. The third kappa shape index (κ3) is 4.01. The molecule has 1 heterocycles. The summed E-state index contributed by atoms with van der Waals surface area (Å²) in [5.74, 6) is -1.53. The number of ether oxygens (including phenoxy) is 1. The number of benzene rings is 2. The summed E-state index contributed by atoms with van der Waals surface area (Å²) in [6.45, 7) is 0.693. The van der Waals surface area contributed by atoms with Gasteiger partial charge in [0.2, 0.25) is 0 Å². The largest absolute Gasteiger partial charge is 0.478 e. The molecule has 3 rings (SSSR count). The lowest BCUT2D eigenvalue weighted by atomic mass is 9.88. The first-order chi connectivity index (χ1) is 12.7. The maximum atomic E-state index is 12.7. The molecule has 2 N–H and O–H groups in total. The topological polar surface area (TPSA) is 110 Å². The van der Waals surface area contributed by atoms with Gasteiger partial charge in [-0.1, -0.05) is 18.2 Å². The molecule has 1 aliphatic heterocycles. The molecule has 1 atom stereocenters. The molecule has 1 fully saturated rings. The highest BCUT2D eigenvalue weighted by molar-refractivity contribution is 7.90. The van der Waals surface area contributed by atoms with E-state index in [0.29, 0.717) is 13.0 Å². The molecule has 1 saturated heterocycles. The van der Waals surface area contributed by atoms with Crippen molar-refractivity contribution < 1.29 is 27.9 Å². The van der Waals surface area contributed by atoms with Gasteiger partial charge in [0, 0.05) is 24.8 Å². The highest BCUT2D eigenvalue weighted by atomic mass is 32.2. The van der Waals surface area contributed by atoms with Gasteiger partial charge in [0.15, 0.2) is 9.84 Å². The van der Waals surface area contributed by atoms with Crippen LogP contribution in [0.3, 0.4) is 0 Å². The molecule has 2 aromatic rings. The number of rotatable bonds is 5. The number of sulfone groups is 1. The SMILES string of the molecule is CS(=O)(=O)c1ccc(C2(NC(=O)c3cccc(C(=O)O)c3)CCOC2)cc1. The zero-order valence-electron chi connectivity index (χ0n) is 14.6. The molecule has 8 heteroatoms. The molecule has 1 aliphatic rings. The number of carboxylic acid groups (broad SMARTS) is 1. The van der Waals surface area contributed by atoms with E-state index in [4.69, 9.17) is 9.84 Å². The van der Waals surface area contributed by atoms with Crippen molar-refractivity contribution >= 4 is 21.7 Å². The Hall–Kier alpha value is -2.71. The number of carbonyl (C=O) groups is 2. The Bertz CT molecular complexity index is 976. The molecular formula is C19H19NO6S. The zero-order chi connectivity index (χ0) is 19.7. The number of amides is 1. The second kappa shape index (κ2) is 7.13. The molecule has 2 aromatic carbocycles. The van der Waals surface area contributed by atoms with Crippen LogP contribution in [0.4, 0.5) is 0 Å². The van der Waals surface area contributed by atoms with Crippen LogP contribution < -0.4 is 5.32 Å². The number of hydrogen-bond donors (Lipinski definition) is 2. The third-order valence-corrected chi connectivity index (χ3v) is 5.71. The van der Waals surface area contributed by atoms with Gasteiger partial charge in [-0.15, -0.1) is 0 Å². The number of aromatic carboxylic acids is 1. The number of nitrogens with one attached hydrogen (secondary N) is 1. The molecular weight excluding hydrogens is 370 g/mol. The Morgan fingerprint density at radius 1 is 1.11 bits per heavy atom. The number of carbonyl (C=O) groups excluding carboxylic acids is 1. The quantitative estimate of drug-likeness (QED) is 0.807. The molecule has 1 unspecified atom stereocenters. The van der Waals surface area contributed by atoms with Gasteiger partial charge in [-0.05, 0) is 35.9 Å². The van der Waals surface area contributed by atoms with Crippen molar-refractivity contribution in [2.75, 3.05) is 19.5 Å². The fraction of sp³-hybridized carbons (Fsp3) is 0.263. The van der Waals surface area contributed by atoms with Crippen molar-refractivity contribution in [3.63, 3.8) is 0 Å². The number of hydrogen-bond acceptors (Lipinski definition) is 5. The molecule has 7 nitrogen and oxygen atoms in total. The van der Waals surface area contributed by atoms with E-state index >= 15 is 0 Å². The Morgan fingerprint density at radius 3 is 2.33 bits per heavy atom. The summed E-state index contributed by atoms with van der Waals surface area (Å²) in [7, 11) is -3.32. The maximum Gasteiger partial charge on any atom is 0.335 e. The van der Waals surface area contributed by atoms with E-state index in [1.54, 1.807) is 12.1 Å². The van der Waals surface area contributed by atoms with Crippen LogP contribution in [-0.4, -0.2) is 44.9 Å². The highest BCUT2D eigenvalue weighted by Crippen LogP contribution is 2.31. The normalized spacial score (nSPS) is 19.6. The minimum atomic E-state index is -3.32. The minimum Gasteiger partial charge on any atom is -0.478 e. The summed E-state index contributed by atoms with van der Waals surface area (Å²) in [5.41, 5.74) is 0.188. The van der Waals surface area contributed by atoms with Crippen molar-refractivity contribution in [3.05, 3.63) is 65.2 Å². The van der Waals surface area contributed by atoms with Gasteiger partial charge >= 0.3 is 5.97 Å². The summed E-state index contributed by atoms with van der Waals surface area (Å²) in [6, 6.07) is 12.1. The molecule has 0 saturated carbocycles. The summed E-state index contributed by atoms with van der Waals surface area (Å²) in [6.07, 6.45) is 1.66. The van der Waals surface area contributed by atoms with Gasteiger partial charge in [-0.2, -0.15) is 0 Å². The van der Waals surface area contributed by atoms with Crippen molar-refractivity contribution in [2.24, 2.45) is 0 Å². The standard InChI is InChI=1S/C19H19NO6S/c1-27(24,25)16-7-5-15(6-8-16)19(9-10-26-12-19)20-17(21)13-3-2-4-14(11-13)18(22)23/h2-8,11H,9-10,12H2,1H3,(H,20,21)(H,22,23). The van der Waals surface area contributed by atoms with E-state index in [0.717, 1.165) is 11.8 Å². The predicted molar refractivity (Wildman–Crippen MR) is 97.5 cm³/mol. The fourth-order valence-corrected chi connectivity index (χ4v) is 3.70. The Morgan fingerprint density at radius 2 is 1.78 bits per heavy atom. The van der Waals surface area contributed by atoms with Gasteiger partial charge in [-0.25, -0.2) is 13.2 Å². The van der Waals surface area contributed by atoms with E-state index in [9.17, 15) is 18.0 Å². The smallest absolute Gasteiger partial charge is 0.335 e. The van der Waals surface area contributed by atoms with Crippen LogP contribution in [0.2, 0.25) is 0 Å². The van der Waals surface area contributed by atoms with E-state index in [2.05, 4.69) is 5.32 Å². The van der Waals surface area contributed by atoms with E-state index in [1.807, 2.05) is 0 Å². The van der Waals surface area contributed by atoms with E-state index < -0.39 is 27.3 Å². The van der Waals surface area contributed by atoms with Crippen molar-refractivity contribution in [1.82, 2.24) is 5.32 Å². The summed E-state index contributed by atoms with van der Waals surface area (Å²) >= 11 is 0. The van der Waals surface area contributed by atoms with Gasteiger partial charge < -0.3 is 15.2 Å². The predicted octanol–water partition coefficient (Wildman–Crippen LogP) is 1.83. The van der Waals surface area contributed by atoms with Gasteiger partial charge in [0.25, 0.3) is 5.91 Å². The minimum absolute atomic E-state index is 0.0249. The molecule has 0 aliphatic carbocycles.